The van der Waals surface area contributed by atoms with Gasteiger partial charge in [0.2, 0.25) is 5.91 Å². The first-order chi connectivity index (χ1) is 18.1. The molecule has 0 unspecified atom stereocenters. The quantitative estimate of drug-likeness (QED) is 0.415. The Hall–Kier alpha value is -4.05. The Balaban J connectivity index is 1.33. The highest BCUT2D eigenvalue weighted by molar-refractivity contribution is 5.95. The number of carbonyl (C=O) groups is 1. The predicted octanol–water partition coefficient (Wildman–Crippen LogP) is 3.83. The average molecular weight is 502 g/mol. The molecule has 1 aliphatic heterocycles. The lowest BCUT2D eigenvalue weighted by Gasteiger charge is -2.30. The summed E-state index contributed by atoms with van der Waals surface area (Å²) < 4.78 is 27.9. The highest BCUT2D eigenvalue weighted by atomic mass is 19.1. The molecule has 1 aromatic carbocycles. The van der Waals surface area contributed by atoms with Crippen LogP contribution in [-0.4, -0.2) is 52.0 Å². The van der Waals surface area contributed by atoms with Gasteiger partial charge in [-0.2, -0.15) is 0 Å². The molecule has 6 rings (SSSR count). The molecule has 1 aliphatic carbocycles. The number of carbonyl (C=O) groups excluding carboxylic acids is 1. The van der Waals surface area contributed by atoms with Crippen molar-refractivity contribution >= 4 is 28.4 Å². The van der Waals surface area contributed by atoms with Gasteiger partial charge < -0.3 is 15.5 Å². The van der Waals surface area contributed by atoms with Gasteiger partial charge in [-0.3, -0.25) is 9.78 Å². The Morgan fingerprint density at radius 2 is 1.86 bits per heavy atom. The maximum Gasteiger partial charge on any atom is 0.230 e. The Bertz CT molecular complexity index is 1470. The minimum Gasteiger partial charge on any atom is -0.353 e. The van der Waals surface area contributed by atoms with Crippen molar-refractivity contribution in [1.29, 1.82) is 0 Å². The van der Waals surface area contributed by atoms with Gasteiger partial charge in [0.25, 0.3) is 0 Å². The van der Waals surface area contributed by atoms with E-state index in [1.54, 1.807) is 24.5 Å². The number of anilines is 2. The van der Waals surface area contributed by atoms with E-state index >= 15 is 0 Å². The van der Waals surface area contributed by atoms with E-state index in [1.165, 1.54) is 11.6 Å². The minimum absolute atomic E-state index is 0.247. The highest BCUT2D eigenvalue weighted by Crippen LogP contribution is 2.44. The number of benzene rings is 1. The molecule has 4 heterocycles. The molecule has 0 atom stereocenters. The maximum atomic E-state index is 14.0. The molecule has 8 nitrogen and oxygen atoms in total. The van der Waals surface area contributed by atoms with Crippen LogP contribution in [0.3, 0.4) is 0 Å². The third kappa shape index (κ3) is 4.84. The van der Waals surface area contributed by atoms with E-state index in [9.17, 15) is 13.6 Å². The van der Waals surface area contributed by atoms with E-state index in [-0.39, 0.29) is 11.4 Å². The van der Waals surface area contributed by atoms with Crippen molar-refractivity contribution in [2.24, 2.45) is 0 Å². The first-order valence-electron chi connectivity index (χ1n) is 12.4. The number of rotatable bonds is 6. The van der Waals surface area contributed by atoms with Crippen molar-refractivity contribution in [3.05, 3.63) is 71.7 Å². The number of aromatic nitrogens is 4. The van der Waals surface area contributed by atoms with Gasteiger partial charge in [0.15, 0.2) is 5.82 Å². The fraction of sp³-hybridized carbons (Fsp3) is 0.296. The second kappa shape index (κ2) is 9.78. The van der Waals surface area contributed by atoms with Gasteiger partial charge in [-0.15, -0.1) is 0 Å². The van der Waals surface area contributed by atoms with Crippen LogP contribution in [0, 0.1) is 11.6 Å². The standard InChI is InChI=1S/C27H25F2N7O/c28-20-2-1-3-21(29)18(20)13-24(37)34-23-12-17(6-7-32-23)26-33-22-15-31-14-19(16-4-5-16)25(22)27(35-26)36-10-8-30-9-11-36/h1-3,6-7,12,14-16,30H,4-5,8-11,13H2,(H,32,34,37). The smallest absolute Gasteiger partial charge is 0.230 e. The van der Waals surface area contributed by atoms with Gasteiger partial charge in [0.05, 0.1) is 18.1 Å². The van der Waals surface area contributed by atoms with Crippen LogP contribution in [0.1, 0.15) is 29.9 Å². The minimum atomic E-state index is -0.763. The monoisotopic (exact) mass is 501 g/mol. The van der Waals surface area contributed by atoms with Crippen LogP contribution < -0.4 is 15.5 Å². The van der Waals surface area contributed by atoms with Crippen LogP contribution in [0.2, 0.25) is 0 Å². The summed E-state index contributed by atoms with van der Waals surface area (Å²) in [5.41, 5.74) is 2.35. The molecule has 0 radical (unpaired) electrons. The summed E-state index contributed by atoms with van der Waals surface area (Å²) in [6.07, 6.45) is 7.10. The topological polar surface area (TPSA) is 95.9 Å². The van der Waals surface area contributed by atoms with E-state index in [4.69, 9.17) is 9.97 Å². The highest BCUT2D eigenvalue weighted by Gasteiger charge is 2.29. The fourth-order valence-electron chi connectivity index (χ4n) is 4.71. The third-order valence-electron chi connectivity index (χ3n) is 6.74. The zero-order valence-corrected chi connectivity index (χ0v) is 20.0. The number of hydrogen-bond donors (Lipinski definition) is 2. The molecular formula is C27H25F2N7O. The molecule has 0 spiro atoms. The second-order valence-corrected chi connectivity index (χ2v) is 9.36. The summed E-state index contributed by atoms with van der Waals surface area (Å²) in [5.74, 6) is 0.0258. The lowest BCUT2D eigenvalue weighted by Crippen LogP contribution is -2.44. The van der Waals surface area contributed by atoms with Crippen LogP contribution in [-0.2, 0) is 11.2 Å². The number of nitrogens with one attached hydrogen (secondary N) is 2. The van der Waals surface area contributed by atoms with Gasteiger partial charge in [0.1, 0.15) is 23.3 Å². The van der Waals surface area contributed by atoms with E-state index < -0.39 is 24.0 Å². The summed E-state index contributed by atoms with van der Waals surface area (Å²) in [6.45, 7) is 3.42. The van der Waals surface area contributed by atoms with Gasteiger partial charge in [0, 0.05) is 55.1 Å². The Morgan fingerprint density at radius 1 is 1.08 bits per heavy atom. The number of hydrogen-bond acceptors (Lipinski definition) is 7. The largest absolute Gasteiger partial charge is 0.353 e. The molecule has 3 aromatic heterocycles. The predicted molar refractivity (Wildman–Crippen MR) is 136 cm³/mol. The van der Waals surface area contributed by atoms with Crippen molar-refractivity contribution in [1.82, 2.24) is 25.3 Å². The average Bonchev–Trinajstić information content (AvgIpc) is 3.76. The van der Waals surface area contributed by atoms with E-state index in [2.05, 4.69) is 25.5 Å². The zero-order valence-electron chi connectivity index (χ0n) is 20.0. The van der Waals surface area contributed by atoms with Crippen LogP contribution in [0.4, 0.5) is 20.4 Å². The molecule has 2 aliphatic rings. The number of pyridine rings is 2. The van der Waals surface area contributed by atoms with Crippen LogP contribution in [0.5, 0.6) is 0 Å². The number of nitrogens with zero attached hydrogens (tertiary/aromatic N) is 5. The molecular weight excluding hydrogens is 476 g/mol. The van der Waals surface area contributed by atoms with E-state index in [0.717, 1.165) is 67.9 Å². The first kappa shape index (κ1) is 23.4. The summed E-state index contributed by atoms with van der Waals surface area (Å²) in [4.78, 5) is 33.3. The Labute approximate surface area is 212 Å². The molecule has 2 fully saturated rings. The number of amides is 1. The van der Waals surface area contributed by atoms with Crippen molar-refractivity contribution in [2.45, 2.75) is 25.2 Å². The molecule has 4 aromatic rings. The molecule has 37 heavy (non-hydrogen) atoms. The lowest BCUT2D eigenvalue weighted by atomic mass is 10.1. The lowest BCUT2D eigenvalue weighted by molar-refractivity contribution is -0.115. The van der Waals surface area contributed by atoms with E-state index in [1.807, 2.05) is 6.20 Å². The number of piperazine rings is 1. The van der Waals surface area contributed by atoms with Crippen molar-refractivity contribution in [3.63, 3.8) is 0 Å². The summed E-state index contributed by atoms with van der Waals surface area (Å²) in [6, 6.07) is 6.95. The van der Waals surface area contributed by atoms with E-state index in [0.29, 0.717) is 17.3 Å². The number of fused-ring (bicyclic) bond motifs is 1. The molecule has 10 heteroatoms. The number of halogens is 2. The van der Waals surface area contributed by atoms with Crippen LogP contribution >= 0.6 is 0 Å². The van der Waals surface area contributed by atoms with Gasteiger partial charge in [-0.1, -0.05) is 6.07 Å². The van der Waals surface area contributed by atoms with Gasteiger partial charge >= 0.3 is 0 Å². The summed E-state index contributed by atoms with van der Waals surface area (Å²) in [7, 11) is 0. The maximum absolute atomic E-state index is 14.0. The molecule has 2 N–H and O–H groups in total. The molecule has 1 saturated heterocycles. The Morgan fingerprint density at radius 3 is 2.62 bits per heavy atom. The molecule has 0 bridgehead atoms. The van der Waals surface area contributed by atoms with Gasteiger partial charge in [-0.05, 0) is 48.6 Å². The SMILES string of the molecule is O=C(Cc1c(F)cccc1F)Nc1cc(-c2nc(N3CCNCC3)c3c(C4CC4)cncc3n2)ccn1. The van der Waals surface area contributed by atoms with Crippen molar-refractivity contribution in [3.8, 4) is 11.4 Å². The zero-order chi connectivity index (χ0) is 25.4. The second-order valence-electron chi connectivity index (χ2n) is 9.36. The third-order valence-corrected chi connectivity index (χ3v) is 6.74. The van der Waals surface area contributed by atoms with Crippen LogP contribution in [0.25, 0.3) is 22.3 Å². The Kier molecular flexibility index (Phi) is 6.17. The fourth-order valence-corrected chi connectivity index (χ4v) is 4.71. The van der Waals surface area contributed by atoms with Crippen LogP contribution in [0.15, 0.2) is 48.9 Å². The molecule has 1 amide bonds. The van der Waals surface area contributed by atoms with Crippen molar-refractivity contribution in [2.75, 3.05) is 36.4 Å². The first-order valence-corrected chi connectivity index (χ1v) is 12.4. The summed E-state index contributed by atoms with van der Waals surface area (Å²) in [5, 5.41) is 7.07. The summed E-state index contributed by atoms with van der Waals surface area (Å²) >= 11 is 0. The normalized spacial score (nSPS) is 15.7. The molecule has 1 saturated carbocycles. The molecule has 188 valence electrons. The van der Waals surface area contributed by atoms with Gasteiger partial charge in [-0.25, -0.2) is 23.7 Å². The van der Waals surface area contributed by atoms with Crippen molar-refractivity contribution < 1.29 is 13.6 Å².